The fourth-order valence-corrected chi connectivity index (χ4v) is 2.00. The lowest BCUT2D eigenvalue weighted by molar-refractivity contribution is 0.0696. The maximum atomic E-state index is 11.0. The minimum Gasteiger partial charge on any atom is -0.478 e. The van der Waals surface area contributed by atoms with E-state index in [1.54, 1.807) is 18.5 Å². The molecule has 0 spiro atoms. The number of hydrogen-bond acceptors (Lipinski definition) is 3. The molecule has 0 unspecified atom stereocenters. The number of nitrogens with one attached hydrogen (secondary N) is 1. The molecular weight excluding hydrogens is 254 g/mol. The lowest BCUT2D eigenvalue weighted by atomic mass is 10.0. The molecule has 3 rings (SSSR count). The normalized spacial score (nSPS) is 10.4. The zero-order chi connectivity index (χ0) is 13.9. The highest BCUT2D eigenvalue weighted by Gasteiger charge is 2.07. The molecule has 0 amide bonds. The largest absolute Gasteiger partial charge is 0.478 e. The number of aromatic carboxylic acids is 1. The van der Waals surface area contributed by atoms with Crippen LogP contribution < -0.4 is 0 Å². The average molecular weight is 265 g/mol. The van der Waals surface area contributed by atoms with Crippen LogP contribution in [0.2, 0.25) is 0 Å². The van der Waals surface area contributed by atoms with Crippen LogP contribution in [0.15, 0.2) is 55.0 Å². The predicted octanol–water partition coefficient (Wildman–Crippen LogP) is 2.84. The Morgan fingerprint density at radius 3 is 2.65 bits per heavy atom. The molecule has 2 aromatic heterocycles. The van der Waals surface area contributed by atoms with Gasteiger partial charge >= 0.3 is 5.97 Å². The van der Waals surface area contributed by atoms with E-state index in [1.165, 1.54) is 6.20 Å². The number of rotatable bonds is 3. The van der Waals surface area contributed by atoms with Crippen LogP contribution in [0.4, 0.5) is 0 Å². The van der Waals surface area contributed by atoms with E-state index in [0.717, 1.165) is 22.4 Å². The van der Waals surface area contributed by atoms with Crippen molar-refractivity contribution in [2.24, 2.45) is 0 Å². The van der Waals surface area contributed by atoms with Crippen LogP contribution in [0.1, 0.15) is 10.4 Å². The average Bonchev–Trinajstić information content (AvgIpc) is 3.02. The Bertz CT molecular complexity index is 751. The number of carbonyl (C=O) groups is 1. The number of aromatic amines is 1. The molecule has 98 valence electrons. The van der Waals surface area contributed by atoms with E-state index in [-0.39, 0.29) is 5.56 Å². The van der Waals surface area contributed by atoms with Gasteiger partial charge < -0.3 is 5.11 Å². The molecular formula is C15H11N3O2. The zero-order valence-electron chi connectivity index (χ0n) is 10.4. The summed E-state index contributed by atoms with van der Waals surface area (Å²) in [6, 6.07) is 11.3. The maximum absolute atomic E-state index is 11.0. The first kappa shape index (κ1) is 12.1. The SMILES string of the molecule is O=C(O)c1cncc(-c2cccc(-c3ccn[nH]3)c2)c1. The van der Waals surface area contributed by atoms with Crippen LogP contribution >= 0.6 is 0 Å². The van der Waals surface area contributed by atoms with E-state index in [4.69, 9.17) is 5.11 Å². The number of carboxylic acid groups (broad SMARTS) is 1. The minimum absolute atomic E-state index is 0.175. The van der Waals surface area contributed by atoms with Gasteiger partial charge in [-0.3, -0.25) is 10.1 Å². The summed E-state index contributed by atoms with van der Waals surface area (Å²) >= 11 is 0. The van der Waals surface area contributed by atoms with Crippen molar-refractivity contribution in [3.63, 3.8) is 0 Å². The summed E-state index contributed by atoms with van der Waals surface area (Å²) in [6.45, 7) is 0. The molecule has 0 fully saturated rings. The van der Waals surface area contributed by atoms with Gasteiger partial charge in [0.15, 0.2) is 0 Å². The smallest absolute Gasteiger partial charge is 0.337 e. The predicted molar refractivity (Wildman–Crippen MR) is 74.2 cm³/mol. The first-order valence-electron chi connectivity index (χ1n) is 6.02. The number of aromatic nitrogens is 3. The zero-order valence-corrected chi connectivity index (χ0v) is 10.4. The second kappa shape index (κ2) is 4.97. The summed E-state index contributed by atoms with van der Waals surface area (Å²) in [4.78, 5) is 15.0. The fourth-order valence-electron chi connectivity index (χ4n) is 2.00. The van der Waals surface area contributed by atoms with Gasteiger partial charge in [0.2, 0.25) is 0 Å². The lowest BCUT2D eigenvalue weighted by Crippen LogP contribution is -1.97. The van der Waals surface area contributed by atoms with Gasteiger partial charge in [-0.25, -0.2) is 4.79 Å². The third-order valence-electron chi connectivity index (χ3n) is 2.99. The fraction of sp³-hybridized carbons (Fsp3) is 0. The van der Waals surface area contributed by atoms with Crippen molar-refractivity contribution in [1.82, 2.24) is 15.2 Å². The summed E-state index contributed by atoms with van der Waals surface area (Å²) in [5, 5.41) is 15.8. The number of nitrogens with zero attached hydrogens (tertiary/aromatic N) is 2. The highest BCUT2D eigenvalue weighted by atomic mass is 16.4. The monoisotopic (exact) mass is 265 g/mol. The number of pyridine rings is 1. The van der Waals surface area contributed by atoms with E-state index in [2.05, 4.69) is 15.2 Å². The van der Waals surface area contributed by atoms with Gasteiger partial charge in [0.25, 0.3) is 0 Å². The Morgan fingerprint density at radius 1 is 1.05 bits per heavy atom. The topological polar surface area (TPSA) is 78.9 Å². The van der Waals surface area contributed by atoms with Gasteiger partial charge in [0, 0.05) is 29.7 Å². The molecule has 3 aromatic rings. The Balaban J connectivity index is 2.04. The molecule has 2 N–H and O–H groups in total. The second-order valence-corrected chi connectivity index (χ2v) is 4.32. The Hall–Kier alpha value is -2.95. The molecule has 0 atom stereocenters. The lowest BCUT2D eigenvalue weighted by Gasteiger charge is -2.05. The molecule has 5 nitrogen and oxygen atoms in total. The van der Waals surface area contributed by atoms with Crippen molar-refractivity contribution in [3.05, 3.63) is 60.6 Å². The van der Waals surface area contributed by atoms with E-state index >= 15 is 0 Å². The summed E-state index contributed by atoms with van der Waals surface area (Å²) in [5.41, 5.74) is 3.75. The maximum Gasteiger partial charge on any atom is 0.337 e. The Morgan fingerprint density at radius 2 is 1.90 bits per heavy atom. The number of carboxylic acids is 1. The summed E-state index contributed by atoms with van der Waals surface area (Å²) in [7, 11) is 0. The molecule has 20 heavy (non-hydrogen) atoms. The molecule has 0 aliphatic carbocycles. The standard InChI is InChI=1S/C15H11N3O2/c19-15(20)13-7-12(8-16-9-13)10-2-1-3-11(6-10)14-4-5-17-18-14/h1-9H,(H,17,18)(H,19,20). The van der Waals surface area contributed by atoms with Crippen LogP contribution in [0.25, 0.3) is 22.4 Å². The van der Waals surface area contributed by atoms with Gasteiger partial charge in [-0.2, -0.15) is 5.10 Å². The second-order valence-electron chi connectivity index (χ2n) is 4.32. The van der Waals surface area contributed by atoms with Gasteiger partial charge in [0.05, 0.1) is 11.3 Å². The summed E-state index contributed by atoms with van der Waals surface area (Å²) in [6.07, 6.45) is 4.68. The van der Waals surface area contributed by atoms with E-state index in [0.29, 0.717) is 0 Å². The molecule has 0 saturated carbocycles. The molecule has 2 heterocycles. The molecule has 0 saturated heterocycles. The highest BCUT2D eigenvalue weighted by molar-refractivity contribution is 5.89. The molecule has 0 aliphatic heterocycles. The third kappa shape index (κ3) is 2.29. The first-order valence-corrected chi connectivity index (χ1v) is 6.02. The van der Waals surface area contributed by atoms with Crippen molar-refractivity contribution in [2.45, 2.75) is 0 Å². The first-order chi connectivity index (χ1) is 9.74. The third-order valence-corrected chi connectivity index (χ3v) is 2.99. The number of H-pyrrole nitrogens is 1. The van der Waals surface area contributed by atoms with E-state index < -0.39 is 5.97 Å². The van der Waals surface area contributed by atoms with Crippen LogP contribution in [-0.4, -0.2) is 26.3 Å². The quantitative estimate of drug-likeness (QED) is 0.763. The number of benzene rings is 1. The molecule has 0 bridgehead atoms. The van der Waals surface area contributed by atoms with Crippen molar-refractivity contribution < 1.29 is 9.90 Å². The van der Waals surface area contributed by atoms with Gasteiger partial charge in [-0.15, -0.1) is 0 Å². The van der Waals surface area contributed by atoms with E-state index in [1.807, 2.05) is 30.3 Å². The van der Waals surface area contributed by atoms with Crippen molar-refractivity contribution >= 4 is 5.97 Å². The van der Waals surface area contributed by atoms with Crippen LogP contribution in [-0.2, 0) is 0 Å². The molecule has 1 aromatic carbocycles. The Kier molecular flexibility index (Phi) is 3.01. The molecule has 0 radical (unpaired) electrons. The van der Waals surface area contributed by atoms with Crippen LogP contribution in [0, 0.1) is 0 Å². The minimum atomic E-state index is -0.982. The van der Waals surface area contributed by atoms with Crippen LogP contribution in [0.3, 0.4) is 0 Å². The van der Waals surface area contributed by atoms with Gasteiger partial charge in [-0.1, -0.05) is 18.2 Å². The number of hydrogen-bond donors (Lipinski definition) is 2. The van der Waals surface area contributed by atoms with Crippen molar-refractivity contribution in [1.29, 1.82) is 0 Å². The van der Waals surface area contributed by atoms with Crippen molar-refractivity contribution in [2.75, 3.05) is 0 Å². The van der Waals surface area contributed by atoms with E-state index in [9.17, 15) is 4.79 Å². The van der Waals surface area contributed by atoms with Crippen molar-refractivity contribution in [3.8, 4) is 22.4 Å². The van der Waals surface area contributed by atoms with Gasteiger partial charge in [0.1, 0.15) is 0 Å². The summed E-state index contributed by atoms with van der Waals surface area (Å²) < 4.78 is 0. The summed E-state index contributed by atoms with van der Waals surface area (Å²) in [5.74, 6) is -0.982. The van der Waals surface area contributed by atoms with Gasteiger partial charge in [-0.05, 0) is 23.8 Å². The Labute approximate surface area is 114 Å². The van der Waals surface area contributed by atoms with Crippen LogP contribution in [0.5, 0.6) is 0 Å². The highest BCUT2D eigenvalue weighted by Crippen LogP contribution is 2.25. The molecule has 5 heteroatoms. The molecule has 0 aliphatic rings.